The van der Waals surface area contributed by atoms with Crippen LogP contribution in [0.15, 0.2) is 30.3 Å². The molecule has 0 heterocycles. The van der Waals surface area contributed by atoms with E-state index in [-0.39, 0.29) is 18.3 Å². The zero-order valence-corrected chi connectivity index (χ0v) is 16.1. The van der Waals surface area contributed by atoms with Gasteiger partial charge in [0.05, 0.1) is 0 Å². The highest BCUT2D eigenvalue weighted by atomic mass is 35.5. The van der Waals surface area contributed by atoms with E-state index in [1.807, 2.05) is 26.0 Å². The van der Waals surface area contributed by atoms with Gasteiger partial charge in [0.1, 0.15) is 18.1 Å². The number of carbonyl (C=O) groups is 1. The van der Waals surface area contributed by atoms with Gasteiger partial charge in [0, 0.05) is 22.9 Å². The highest BCUT2D eigenvalue weighted by Gasteiger charge is 2.13. The summed E-state index contributed by atoms with van der Waals surface area (Å²) in [6.45, 7) is 5.86. The van der Waals surface area contributed by atoms with Crippen LogP contribution in [0.4, 0.5) is 0 Å². The molecule has 0 amide bonds. The summed E-state index contributed by atoms with van der Waals surface area (Å²) in [4.78, 5) is 11.4. The highest BCUT2D eigenvalue weighted by Crippen LogP contribution is 2.33. The molecular weight excluding hydrogens is 359 g/mol. The number of hydrogen-bond acceptors (Lipinski definition) is 3. The Hall–Kier alpha value is -1.71. The summed E-state index contributed by atoms with van der Waals surface area (Å²) in [5.41, 5.74) is 2.70. The van der Waals surface area contributed by atoms with Crippen LogP contribution in [0.5, 0.6) is 11.5 Å². The first kappa shape index (κ1) is 19.6. The summed E-state index contributed by atoms with van der Waals surface area (Å²) < 4.78 is 5.44. The van der Waals surface area contributed by atoms with Crippen LogP contribution in [0, 0.1) is 0 Å². The Morgan fingerprint density at radius 2 is 1.80 bits per heavy atom. The Morgan fingerprint density at radius 3 is 2.36 bits per heavy atom. The molecule has 2 rings (SSSR count). The van der Waals surface area contributed by atoms with Crippen LogP contribution < -0.4 is 4.74 Å². The minimum Gasteiger partial charge on any atom is -0.508 e. The summed E-state index contributed by atoms with van der Waals surface area (Å²) in [5, 5.41) is 10.9. The first-order valence-corrected chi connectivity index (χ1v) is 9.01. The van der Waals surface area contributed by atoms with Crippen molar-refractivity contribution >= 4 is 29.0 Å². The fourth-order valence-electron chi connectivity index (χ4n) is 2.48. The Balaban J connectivity index is 2.23. The maximum Gasteiger partial charge on any atom is 0.169 e. The predicted molar refractivity (Wildman–Crippen MR) is 102 cm³/mol. The van der Waals surface area contributed by atoms with Gasteiger partial charge in [-0.15, -0.1) is 0 Å². The average Bonchev–Trinajstić information content (AvgIpc) is 2.57. The van der Waals surface area contributed by atoms with Gasteiger partial charge in [0.25, 0.3) is 0 Å². The molecule has 5 heteroatoms. The fourth-order valence-corrected chi connectivity index (χ4v) is 3.08. The quantitative estimate of drug-likeness (QED) is 0.662. The first-order valence-electron chi connectivity index (χ1n) is 8.26. The van der Waals surface area contributed by atoms with Crippen LogP contribution in [-0.2, 0) is 11.2 Å². The van der Waals surface area contributed by atoms with Crippen molar-refractivity contribution in [2.24, 2.45) is 0 Å². The SMILES string of the molecule is CCC(=O)COc1cc(Cl)c(Cc2ccc(O)c(C(C)C)c2)c(Cl)c1. The van der Waals surface area contributed by atoms with E-state index in [1.54, 1.807) is 25.1 Å². The first-order chi connectivity index (χ1) is 11.8. The fraction of sp³-hybridized carbons (Fsp3) is 0.350. The lowest BCUT2D eigenvalue weighted by Gasteiger charge is -2.13. The number of Topliss-reactive ketones (excluding diaryl/α,β-unsaturated/α-hetero) is 1. The Labute approximate surface area is 158 Å². The highest BCUT2D eigenvalue weighted by molar-refractivity contribution is 6.36. The molecule has 3 nitrogen and oxygen atoms in total. The van der Waals surface area contributed by atoms with Crippen molar-refractivity contribution in [1.29, 1.82) is 0 Å². The van der Waals surface area contributed by atoms with Crippen LogP contribution in [0.1, 0.15) is 49.8 Å². The molecule has 0 bridgehead atoms. The van der Waals surface area contributed by atoms with Crippen molar-refractivity contribution in [1.82, 2.24) is 0 Å². The van der Waals surface area contributed by atoms with E-state index in [9.17, 15) is 9.90 Å². The molecule has 0 saturated heterocycles. The van der Waals surface area contributed by atoms with Crippen LogP contribution in [-0.4, -0.2) is 17.5 Å². The Bertz CT molecular complexity index is 747. The summed E-state index contributed by atoms with van der Waals surface area (Å²) in [6, 6.07) is 8.88. The minimum absolute atomic E-state index is 0.0121. The third-order valence-electron chi connectivity index (χ3n) is 4.00. The average molecular weight is 381 g/mol. The van der Waals surface area contributed by atoms with Gasteiger partial charge in [0.2, 0.25) is 0 Å². The zero-order chi connectivity index (χ0) is 18.6. The normalized spacial score (nSPS) is 11.0. The Morgan fingerprint density at radius 1 is 1.16 bits per heavy atom. The van der Waals surface area contributed by atoms with Gasteiger partial charge in [-0.3, -0.25) is 4.79 Å². The zero-order valence-electron chi connectivity index (χ0n) is 14.6. The van der Waals surface area contributed by atoms with Crippen LogP contribution in [0.3, 0.4) is 0 Å². The molecule has 0 fully saturated rings. The van der Waals surface area contributed by atoms with Crippen LogP contribution in [0.25, 0.3) is 0 Å². The number of aromatic hydroxyl groups is 1. The molecular formula is C20H22Cl2O3. The lowest BCUT2D eigenvalue weighted by atomic mass is 9.96. The largest absolute Gasteiger partial charge is 0.508 e. The predicted octanol–water partition coefficient (Wildman–Crippen LogP) is 5.77. The summed E-state index contributed by atoms with van der Waals surface area (Å²) >= 11 is 12.7. The van der Waals surface area contributed by atoms with E-state index >= 15 is 0 Å². The minimum atomic E-state index is 0.0121. The molecule has 0 unspecified atom stereocenters. The molecule has 2 aromatic carbocycles. The number of halogens is 2. The van der Waals surface area contributed by atoms with Gasteiger partial charge >= 0.3 is 0 Å². The topological polar surface area (TPSA) is 46.5 Å². The number of ether oxygens (including phenoxy) is 1. The van der Waals surface area contributed by atoms with Crippen molar-refractivity contribution in [2.75, 3.05) is 6.61 Å². The molecule has 25 heavy (non-hydrogen) atoms. The van der Waals surface area contributed by atoms with Crippen molar-refractivity contribution < 1.29 is 14.6 Å². The molecule has 2 aromatic rings. The number of phenolic OH excluding ortho intramolecular Hbond substituents is 1. The lowest BCUT2D eigenvalue weighted by Crippen LogP contribution is -2.09. The van der Waals surface area contributed by atoms with Gasteiger partial charge in [-0.2, -0.15) is 0 Å². The van der Waals surface area contributed by atoms with Crippen molar-refractivity contribution in [3.8, 4) is 11.5 Å². The number of carbonyl (C=O) groups excluding carboxylic acids is 1. The van der Waals surface area contributed by atoms with E-state index in [1.165, 1.54) is 0 Å². The van der Waals surface area contributed by atoms with E-state index in [4.69, 9.17) is 27.9 Å². The van der Waals surface area contributed by atoms with Crippen LogP contribution >= 0.6 is 23.2 Å². The van der Waals surface area contributed by atoms with Crippen molar-refractivity contribution in [3.63, 3.8) is 0 Å². The van der Waals surface area contributed by atoms with E-state index < -0.39 is 0 Å². The van der Waals surface area contributed by atoms with E-state index in [0.29, 0.717) is 34.4 Å². The molecule has 0 spiro atoms. The molecule has 0 aromatic heterocycles. The monoisotopic (exact) mass is 380 g/mol. The van der Waals surface area contributed by atoms with Crippen molar-refractivity contribution in [3.05, 3.63) is 57.1 Å². The Kier molecular flexibility index (Phi) is 6.74. The number of ketones is 1. The maximum atomic E-state index is 11.4. The number of hydrogen-bond donors (Lipinski definition) is 1. The summed E-state index contributed by atoms with van der Waals surface area (Å²) in [7, 11) is 0. The molecule has 0 radical (unpaired) electrons. The molecule has 1 N–H and O–H groups in total. The third-order valence-corrected chi connectivity index (χ3v) is 4.68. The van der Waals surface area contributed by atoms with Gasteiger partial charge in [-0.1, -0.05) is 56.1 Å². The van der Waals surface area contributed by atoms with Gasteiger partial charge in [-0.05, 0) is 40.8 Å². The molecule has 0 saturated carbocycles. The van der Waals surface area contributed by atoms with Gasteiger partial charge in [0.15, 0.2) is 5.78 Å². The van der Waals surface area contributed by atoms with Gasteiger partial charge in [-0.25, -0.2) is 0 Å². The van der Waals surface area contributed by atoms with E-state index in [2.05, 4.69) is 0 Å². The molecule has 0 aliphatic heterocycles. The summed E-state index contributed by atoms with van der Waals surface area (Å²) in [5.74, 6) is 1.01. The second-order valence-corrected chi connectivity index (χ2v) is 7.09. The van der Waals surface area contributed by atoms with Crippen molar-refractivity contribution in [2.45, 2.75) is 39.5 Å². The number of rotatable bonds is 7. The third kappa shape index (κ3) is 5.13. The van der Waals surface area contributed by atoms with Crippen LogP contribution in [0.2, 0.25) is 10.0 Å². The maximum absolute atomic E-state index is 11.4. The molecule has 134 valence electrons. The molecule has 0 aliphatic rings. The number of phenols is 1. The van der Waals surface area contributed by atoms with E-state index in [0.717, 1.165) is 16.7 Å². The molecule has 0 aliphatic carbocycles. The second-order valence-electron chi connectivity index (χ2n) is 6.27. The van der Waals surface area contributed by atoms with Gasteiger partial charge < -0.3 is 9.84 Å². The smallest absolute Gasteiger partial charge is 0.169 e. The summed E-state index contributed by atoms with van der Waals surface area (Å²) in [6.07, 6.45) is 0.977. The molecule has 0 atom stereocenters. The standard InChI is InChI=1S/C20H22Cl2O3/c1-4-14(23)11-25-15-9-18(21)17(19(22)10-15)8-13-5-6-20(24)16(7-13)12(2)3/h5-7,9-10,12,24H,4,8,11H2,1-3H3. The lowest BCUT2D eigenvalue weighted by molar-refractivity contribution is -0.120. The number of benzene rings is 2. The second kappa shape index (κ2) is 8.59.